The summed E-state index contributed by atoms with van der Waals surface area (Å²) in [5.74, 6) is 0.751. The summed E-state index contributed by atoms with van der Waals surface area (Å²) in [6, 6.07) is 8.10. The average Bonchev–Trinajstić information content (AvgIpc) is 2.84. The van der Waals surface area contributed by atoms with Gasteiger partial charge in [0.1, 0.15) is 5.76 Å². The standard InChI is InChI=1S/C13H14ClNO3S/c1-9(13-4-3-7-18-13)15-12-8-10(19(2,16)17)5-6-11(12)14/h3-9,15H,1-2H3. The van der Waals surface area contributed by atoms with Crippen LogP contribution in [0.3, 0.4) is 0 Å². The Hall–Kier alpha value is -1.46. The minimum Gasteiger partial charge on any atom is -0.467 e. The Balaban J connectivity index is 2.30. The van der Waals surface area contributed by atoms with E-state index in [0.29, 0.717) is 10.7 Å². The van der Waals surface area contributed by atoms with E-state index in [4.69, 9.17) is 16.0 Å². The van der Waals surface area contributed by atoms with Crippen molar-refractivity contribution in [3.8, 4) is 0 Å². The molecule has 1 atom stereocenters. The summed E-state index contributed by atoms with van der Waals surface area (Å²) < 4.78 is 28.3. The van der Waals surface area contributed by atoms with E-state index >= 15 is 0 Å². The van der Waals surface area contributed by atoms with Gasteiger partial charge in [-0.15, -0.1) is 0 Å². The van der Waals surface area contributed by atoms with Crippen LogP contribution in [-0.4, -0.2) is 14.7 Å². The number of hydrogen-bond acceptors (Lipinski definition) is 4. The van der Waals surface area contributed by atoms with Gasteiger partial charge in [-0.3, -0.25) is 0 Å². The van der Waals surface area contributed by atoms with Crippen LogP contribution < -0.4 is 5.32 Å². The molecule has 0 bridgehead atoms. The molecule has 0 radical (unpaired) electrons. The lowest BCUT2D eigenvalue weighted by molar-refractivity contribution is 0.490. The van der Waals surface area contributed by atoms with Crippen LogP contribution in [0.2, 0.25) is 5.02 Å². The van der Waals surface area contributed by atoms with Gasteiger partial charge in [0.25, 0.3) is 0 Å². The van der Waals surface area contributed by atoms with Crippen LogP contribution in [0.4, 0.5) is 5.69 Å². The van der Waals surface area contributed by atoms with Gasteiger partial charge in [0, 0.05) is 6.26 Å². The topological polar surface area (TPSA) is 59.3 Å². The number of halogens is 1. The molecule has 1 N–H and O–H groups in total. The summed E-state index contributed by atoms with van der Waals surface area (Å²) in [6.07, 6.45) is 2.75. The second-order valence-electron chi connectivity index (χ2n) is 4.30. The van der Waals surface area contributed by atoms with Gasteiger partial charge in [0.05, 0.1) is 27.9 Å². The molecule has 0 saturated carbocycles. The summed E-state index contributed by atoms with van der Waals surface area (Å²) in [4.78, 5) is 0.228. The summed E-state index contributed by atoms with van der Waals surface area (Å²) in [6.45, 7) is 1.91. The molecule has 19 heavy (non-hydrogen) atoms. The van der Waals surface area contributed by atoms with Crippen molar-refractivity contribution in [3.63, 3.8) is 0 Å². The maximum absolute atomic E-state index is 11.5. The summed E-state index contributed by atoms with van der Waals surface area (Å²) >= 11 is 6.06. The first-order valence-electron chi connectivity index (χ1n) is 5.67. The fraction of sp³-hybridized carbons (Fsp3) is 0.231. The highest BCUT2D eigenvalue weighted by Gasteiger charge is 2.13. The quantitative estimate of drug-likeness (QED) is 0.938. The van der Waals surface area contributed by atoms with E-state index in [2.05, 4.69) is 5.32 Å². The molecule has 102 valence electrons. The molecule has 0 aliphatic heterocycles. The van der Waals surface area contributed by atoms with Crippen molar-refractivity contribution in [3.05, 3.63) is 47.4 Å². The molecule has 0 aliphatic carbocycles. The van der Waals surface area contributed by atoms with Gasteiger partial charge in [0.2, 0.25) is 0 Å². The molecular formula is C13H14ClNO3S. The minimum atomic E-state index is -3.25. The van der Waals surface area contributed by atoms with Gasteiger partial charge < -0.3 is 9.73 Å². The van der Waals surface area contributed by atoms with Crippen molar-refractivity contribution >= 4 is 27.1 Å². The number of hydrogen-bond donors (Lipinski definition) is 1. The molecule has 2 rings (SSSR count). The lowest BCUT2D eigenvalue weighted by Gasteiger charge is -2.15. The fourth-order valence-corrected chi connectivity index (χ4v) is 2.51. The molecule has 6 heteroatoms. The Kier molecular flexibility index (Phi) is 3.87. The van der Waals surface area contributed by atoms with E-state index in [-0.39, 0.29) is 10.9 Å². The molecular weight excluding hydrogens is 286 g/mol. The van der Waals surface area contributed by atoms with E-state index in [1.54, 1.807) is 18.4 Å². The zero-order valence-electron chi connectivity index (χ0n) is 10.6. The highest BCUT2D eigenvalue weighted by atomic mass is 35.5. The predicted octanol–water partition coefficient (Wildman–Crippen LogP) is 3.51. The zero-order valence-corrected chi connectivity index (χ0v) is 12.1. The Bertz CT molecular complexity index is 665. The molecule has 0 fully saturated rings. The highest BCUT2D eigenvalue weighted by Crippen LogP contribution is 2.28. The lowest BCUT2D eigenvalue weighted by Crippen LogP contribution is -2.07. The van der Waals surface area contributed by atoms with Crippen LogP contribution in [0.25, 0.3) is 0 Å². The highest BCUT2D eigenvalue weighted by molar-refractivity contribution is 7.90. The second-order valence-corrected chi connectivity index (χ2v) is 6.72. The van der Waals surface area contributed by atoms with Crippen LogP contribution in [-0.2, 0) is 9.84 Å². The van der Waals surface area contributed by atoms with Crippen molar-refractivity contribution in [2.75, 3.05) is 11.6 Å². The van der Waals surface area contributed by atoms with Gasteiger partial charge >= 0.3 is 0 Å². The van der Waals surface area contributed by atoms with Gasteiger partial charge in [-0.25, -0.2) is 8.42 Å². The zero-order chi connectivity index (χ0) is 14.0. The molecule has 0 spiro atoms. The van der Waals surface area contributed by atoms with E-state index in [1.807, 2.05) is 13.0 Å². The van der Waals surface area contributed by atoms with Crippen molar-refractivity contribution in [2.45, 2.75) is 17.9 Å². The van der Waals surface area contributed by atoms with E-state index in [9.17, 15) is 8.42 Å². The third kappa shape index (κ3) is 3.30. The molecule has 4 nitrogen and oxygen atoms in total. The van der Waals surface area contributed by atoms with Crippen LogP contribution in [0.5, 0.6) is 0 Å². The molecule has 1 heterocycles. The summed E-state index contributed by atoms with van der Waals surface area (Å²) in [5.41, 5.74) is 0.563. The van der Waals surface area contributed by atoms with Crippen molar-refractivity contribution in [1.82, 2.24) is 0 Å². The van der Waals surface area contributed by atoms with Gasteiger partial charge in [0.15, 0.2) is 9.84 Å². The van der Waals surface area contributed by atoms with Crippen molar-refractivity contribution in [1.29, 1.82) is 0 Å². The monoisotopic (exact) mass is 299 g/mol. The third-order valence-corrected chi connectivity index (χ3v) is 4.15. The molecule has 1 aromatic carbocycles. The Labute approximate surface area is 117 Å². The number of furan rings is 1. The first-order chi connectivity index (χ1) is 8.88. The van der Waals surface area contributed by atoms with E-state index in [1.165, 1.54) is 12.1 Å². The predicted molar refractivity (Wildman–Crippen MR) is 75.3 cm³/mol. The number of anilines is 1. The van der Waals surface area contributed by atoms with E-state index in [0.717, 1.165) is 12.0 Å². The fourth-order valence-electron chi connectivity index (χ4n) is 1.69. The Morgan fingerprint density at radius 2 is 2.05 bits per heavy atom. The number of rotatable bonds is 4. The number of nitrogens with one attached hydrogen (secondary N) is 1. The molecule has 0 saturated heterocycles. The SMILES string of the molecule is CC(Nc1cc(S(C)(=O)=O)ccc1Cl)c1ccco1. The number of benzene rings is 1. The molecule has 0 aliphatic rings. The maximum atomic E-state index is 11.5. The van der Waals surface area contributed by atoms with Gasteiger partial charge in [-0.05, 0) is 37.3 Å². The smallest absolute Gasteiger partial charge is 0.175 e. The summed E-state index contributed by atoms with van der Waals surface area (Å²) in [5, 5.41) is 3.60. The first-order valence-corrected chi connectivity index (χ1v) is 7.94. The third-order valence-electron chi connectivity index (χ3n) is 2.71. The molecule has 1 aromatic heterocycles. The normalized spacial score (nSPS) is 13.2. The van der Waals surface area contributed by atoms with Crippen LogP contribution in [0.15, 0.2) is 45.9 Å². The lowest BCUT2D eigenvalue weighted by atomic mass is 10.2. The van der Waals surface area contributed by atoms with Gasteiger partial charge in [-0.2, -0.15) is 0 Å². The van der Waals surface area contributed by atoms with Crippen LogP contribution >= 0.6 is 11.6 Å². The van der Waals surface area contributed by atoms with Crippen molar-refractivity contribution < 1.29 is 12.8 Å². The van der Waals surface area contributed by atoms with Crippen LogP contribution in [0, 0.1) is 0 Å². The Morgan fingerprint density at radius 3 is 2.63 bits per heavy atom. The molecule has 0 amide bonds. The van der Waals surface area contributed by atoms with Gasteiger partial charge in [-0.1, -0.05) is 11.6 Å². The van der Waals surface area contributed by atoms with Crippen molar-refractivity contribution in [2.24, 2.45) is 0 Å². The Morgan fingerprint density at radius 1 is 1.32 bits per heavy atom. The first kappa shape index (κ1) is 14.0. The van der Waals surface area contributed by atoms with Crippen LogP contribution in [0.1, 0.15) is 18.7 Å². The number of sulfone groups is 1. The molecule has 2 aromatic rings. The second kappa shape index (κ2) is 5.27. The minimum absolute atomic E-state index is 0.109. The average molecular weight is 300 g/mol. The molecule has 1 unspecified atom stereocenters. The largest absolute Gasteiger partial charge is 0.467 e. The van der Waals surface area contributed by atoms with E-state index < -0.39 is 9.84 Å². The summed E-state index contributed by atoms with van der Waals surface area (Å²) in [7, 11) is -3.25. The maximum Gasteiger partial charge on any atom is 0.175 e.